The van der Waals surface area contributed by atoms with Gasteiger partial charge in [-0.25, -0.2) is 19.7 Å². The Kier molecular flexibility index (Phi) is 30.5. The van der Waals surface area contributed by atoms with E-state index in [-0.39, 0.29) is 98.8 Å². The fourth-order valence-corrected chi connectivity index (χ4v) is 19.5. The van der Waals surface area contributed by atoms with Crippen molar-refractivity contribution in [3.05, 3.63) is 214 Å². The second kappa shape index (κ2) is 42.3. The van der Waals surface area contributed by atoms with Gasteiger partial charge in [-0.15, -0.1) is 0 Å². The highest BCUT2D eigenvalue weighted by molar-refractivity contribution is 7.59. The van der Waals surface area contributed by atoms with Crippen LogP contribution >= 0.6 is 13.5 Å². The lowest BCUT2D eigenvalue weighted by molar-refractivity contribution is -0.137. The number of aryl methyl sites for hydroxylation is 1. The monoisotopic (exact) mass is 1760 g/mol. The van der Waals surface area contributed by atoms with Crippen molar-refractivity contribution in [2.45, 2.75) is 127 Å². The lowest BCUT2D eigenvalue weighted by Crippen LogP contribution is -2.56. The van der Waals surface area contributed by atoms with E-state index in [9.17, 15) is 27.6 Å². The van der Waals surface area contributed by atoms with Crippen LogP contribution < -0.4 is 43.6 Å². The molecule has 6 fully saturated rings. The zero-order valence-electron chi connectivity index (χ0n) is 73.6. The number of halogens is 3. The molecule has 9 aliphatic heterocycles. The Labute approximate surface area is 754 Å². The average Bonchev–Trinajstić information content (AvgIpc) is 1.29. The Hall–Kier alpha value is -11.9. The third-order valence-electron chi connectivity index (χ3n) is 26.3. The van der Waals surface area contributed by atoms with E-state index in [1.807, 2.05) is 18.3 Å². The van der Waals surface area contributed by atoms with Crippen molar-refractivity contribution >= 4 is 87.4 Å². The highest BCUT2D eigenvalue weighted by Gasteiger charge is 2.42. The molecule has 4 aromatic heterocycles. The standard InChI is InChI=1S/C34H41N7O3.C31H36N8O2.C30H36F3N7O2.H2S/c1-4-32(42)41-18-17-40(22-27(41)21-35-2)33-29-14-16-39(31-13-7-10-25-9-5-6-12-28(25)31)23-30(29)36-34(37-33)44-24-26-11-8-15-38(26)19-20-43-3;1-4-29(40)39-17-16-38(19-23(39)18-32-2)30-25-12-15-37(28-11-5-10-26-24(28)9-6-13-33-26)20-27(25)34-31(35-30)41-21-22-8-7-14-36(22)3;1-5-26(41)40-15-14-39(17-22(40)16-34-3)28-23-11-13-38(25-10-6-8-20(2)27(25)30(31,32)33)18-24(23)35-29(36-28)42-19-21-9-7-12-37(21)4;/h4-7,9-10,12-13,26-27H,1,8,11,14-24H2,3H3;4-6,9-11,13,22-23H,1,7-8,12,14-21H2,3H3;5-6,8,10,21-22H,1,7,9,11-19H2,2,4H3;1H2/t26-,27?;22-,23?;21-,22?;/m000./s1. The van der Waals surface area contributed by atoms with Crippen molar-refractivity contribution in [3.63, 3.8) is 0 Å². The predicted octanol–water partition coefficient (Wildman–Crippen LogP) is 11.1. The van der Waals surface area contributed by atoms with Gasteiger partial charge in [-0.3, -0.25) is 24.3 Å². The third-order valence-corrected chi connectivity index (χ3v) is 26.3. The van der Waals surface area contributed by atoms with E-state index in [2.05, 4.69) is 153 Å². The van der Waals surface area contributed by atoms with Crippen molar-refractivity contribution in [1.82, 2.24) is 64.3 Å². The number of carbonyl (C=O) groups excluding carboxylic acids is 3. The highest BCUT2D eigenvalue weighted by Crippen LogP contribution is 2.43. The lowest BCUT2D eigenvalue weighted by atomic mass is 10.00. The molecule has 3 unspecified atom stereocenters. The van der Waals surface area contributed by atoms with Crippen LogP contribution in [-0.4, -0.2) is 290 Å². The molecule has 0 N–H and O–H groups in total. The number of rotatable bonds is 24. The maximum atomic E-state index is 14.1. The van der Waals surface area contributed by atoms with E-state index >= 15 is 0 Å². The number of benzene rings is 4. The maximum Gasteiger partial charge on any atom is 0.418 e. The number of likely N-dealkylation sites (N-methyl/N-ethyl adjacent to an activating group) is 2. The number of likely N-dealkylation sites (tertiary alicyclic amines) is 3. The van der Waals surface area contributed by atoms with Crippen LogP contribution in [0.15, 0.2) is 135 Å². The van der Waals surface area contributed by atoms with Gasteiger partial charge in [-0.05, 0) is 164 Å². The Balaban J connectivity index is 0.000000155. The first kappa shape index (κ1) is 92.3. The molecule has 13 heterocycles. The molecule has 6 saturated heterocycles. The molecule has 17 rings (SSSR count). The quantitative estimate of drug-likeness (QED) is 0.0404. The van der Waals surface area contributed by atoms with Crippen molar-refractivity contribution in [2.75, 3.05) is 201 Å². The number of methoxy groups -OCH3 is 1. The summed E-state index contributed by atoms with van der Waals surface area (Å²) in [6, 6.07) is 31.0. The first-order valence-corrected chi connectivity index (χ1v) is 44.2. The lowest BCUT2D eigenvalue weighted by Gasteiger charge is -2.41. The molecule has 4 aromatic carbocycles. The molecule has 29 nitrogen and oxygen atoms in total. The smallest absolute Gasteiger partial charge is 0.418 e. The van der Waals surface area contributed by atoms with Crippen molar-refractivity contribution in [3.8, 4) is 18.0 Å². The van der Waals surface area contributed by atoms with Crippen LogP contribution in [0.5, 0.6) is 18.0 Å². The highest BCUT2D eigenvalue weighted by atomic mass is 32.1. The molecule has 0 spiro atoms. The maximum absolute atomic E-state index is 14.1. The molecule has 3 amide bonds. The normalized spacial score (nSPS) is 20.7. The molecule has 8 aromatic rings. The number of piperazine rings is 3. The zero-order valence-corrected chi connectivity index (χ0v) is 74.6. The van der Waals surface area contributed by atoms with Gasteiger partial charge in [0.15, 0.2) is 0 Å². The molecular weight excluding hydrogens is 1650 g/mol. The number of anilines is 6. The third kappa shape index (κ3) is 20.9. The van der Waals surface area contributed by atoms with Gasteiger partial charge in [-0.1, -0.05) is 74.3 Å². The number of hydrogen-bond acceptors (Lipinski definition) is 23. The summed E-state index contributed by atoms with van der Waals surface area (Å²) in [5.41, 5.74) is 8.67. The molecule has 674 valence electrons. The van der Waals surface area contributed by atoms with Gasteiger partial charge in [-0.2, -0.15) is 56.6 Å². The van der Waals surface area contributed by atoms with Crippen LogP contribution in [-0.2, 0) is 64.2 Å². The number of ether oxygens (including phenoxy) is 4. The molecule has 0 bridgehead atoms. The molecule has 0 saturated carbocycles. The minimum absolute atomic E-state index is 0. The fourth-order valence-electron chi connectivity index (χ4n) is 19.5. The fraction of sp³-hybridized carbons (Fsp3) is 0.484. The van der Waals surface area contributed by atoms with E-state index in [0.29, 0.717) is 147 Å². The second-order valence-electron chi connectivity index (χ2n) is 33.9. The minimum atomic E-state index is -4.49. The first-order valence-electron chi connectivity index (χ1n) is 44.2. The van der Waals surface area contributed by atoms with Gasteiger partial charge in [0.05, 0.1) is 54.4 Å². The van der Waals surface area contributed by atoms with Gasteiger partial charge in [0.1, 0.15) is 55.4 Å². The van der Waals surface area contributed by atoms with Crippen LogP contribution in [0, 0.1) is 26.6 Å². The van der Waals surface area contributed by atoms with E-state index < -0.39 is 11.7 Å². The van der Waals surface area contributed by atoms with Gasteiger partial charge in [0.2, 0.25) is 37.4 Å². The summed E-state index contributed by atoms with van der Waals surface area (Å²) < 4.78 is 66.4. The number of pyridine rings is 1. The minimum Gasteiger partial charge on any atom is -0.462 e. The number of hydrogen-bond donors (Lipinski definition) is 0. The second-order valence-corrected chi connectivity index (χ2v) is 33.9. The Morgan fingerprint density at radius 3 is 1.33 bits per heavy atom. The molecule has 128 heavy (non-hydrogen) atoms. The summed E-state index contributed by atoms with van der Waals surface area (Å²) in [6.45, 7) is 49.8. The Morgan fingerprint density at radius 2 is 0.883 bits per heavy atom. The van der Waals surface area contributed by atoms with E-state index in [1.54, 1.807) is 32.8 Å². The largest absolute Gasteiger partial charge is 0.462 e. The van der Waals surface area contributed by atoms with Crippen molar-refractivity contribution in [2.24, 2.45) is 0 Å². The Morgan fingerprint density at radius 1 is 0.477 bits per heavy atom. The molecule has 0 radical (unpaired) electrons. The summed E-state index contributed by atoms with van der Waals surface area (Å²) in [4.78, 5) is 108. The molecular formula is C95H115F3N22O7S. The molecule has 6 atom stereocenters. The number of nitrogens with zero attached hydrogens (tertiary/aromatic N) is 22. The van der Waals surface area contributed by atoms with Crippen molar-refractivity contribution < 1.29 is 46.5 Å². The van der Waals surface area contributed by atoms with Gasteiger partial charge < -0.3 is 87.4 Å². The summed E-state index contributed by atoms with van der Waals surface area (Å²) in [6.07, 6.45) is 9.89. The first-order chi connectivity index (χ1) is 61.7. The van der Waals surface area contributed by atoms with Crippen molar-refractivity contribution in [1.29, 1.82) is 0 Å². The molecule has 0 aliphatic carbocycles. The van der Waals surface area contributed by atoms with Crippen LogP contribution in [0.3, 0.4) is 0 Å². The molecule has 9 aliphatic rings. The van der Waals surface area contributed by atoms with E-state index in [4.69, 9.17) is 68.6 Å². The zero-order chi connectivity index (χ0) is 88.8. The summed E-state index contributed by atoms with van der Waals surface area (Å²) in [5, 5.41) is 3.57. The number of carbonyl (C=O) groups is 3. The van der Waals surface area contributed by atoms with Gasteiger partial charge in [0, 0.05) is 161 Å². The van der Waals surface area contributed by atoms with Gasteiger partial charge in [0.25, 0.3) is 0 Å². The van der Waals surface area contributed by atoms with Gasteiger partial charge >= 0.3 is 24.2 Å². The van der Waals surface area contributed by atoms with Crippen LogP contribution in [0.25, 0.3) is 36.2 Å². The molecule has 33 heteroatoms. The van der Waals surface area contributed by atoms with Crippen LogP contribution in [0.2, 0.25) is 0 Å². The summed E-state index contributed by atoms with van der Waals surface area (Å²) in [5.74, 6) is 1.92. The average molecular weight is 1770 g/mol. The van der Waals surface area contributed by atoms with E-state index in [0.717, 1.165) is 141 Å². The summed E-state index contributed by atoms with van der Waals surface area (Å²) >= 11 is 0. The summed E-state index contributed by atoms with van der Waals surface area (Å²) in [7, 11) is 5.93. The Bertz CT molecular complexity index is 5450. The SMILES string of the molecule is S.[C-]#[N+]CC1CN(c2nc(OC[C@@H]3CCCN3C)nc3c2CCN(c2cccc(C)c2C(F)(F)F)C3)CCN1C(=O)C=C.[C-]#[N+]CC1CN(c2nc(OC[C@@H]3CCCN3C)nc3c2CCN(c2cccc4ncccc24)C3)CCN1C(=O)C=C.[C-]#[N+]CC1CN(c2nc(OC[C@@H]3CCCN3CCOC)nc3c2CCN(c2cccc4ccccc24)C3)CCN1C(=O)C=C. The van der Waals surface area contributed by atoms with Crippen LogP contribution in [0.1, 0.15) is 83.4 Å². The predicted molar refractivity (Wildman–Crippen MR) is 495 cm³/mol. The van der Waals surface area contributed by atoms with Crippen LogP contribution in [0.4, 0.5) is 47.7 Å². The van der Waals surface area contributed by atoms with E-state index in [1.165, 1.54) is 60.2 Å². The number of amides is 3. The number of aromatic nitrogens is 7. The number of fused-ring (bicyclic) bond motifs is 5. The number of alkyl halides is 3. The topological polar surface area (TPSA) is 230 Å².